The van der Waals surface area contributed by atoms with Crippen molar-refractivity contribution in [3.63, 3.8) is 0 Å². The van der Waals surface area contributed by atoms with E-state index in [0.717, 1.165) is 23.8 Å². The fourth-order valence-corrected chi connectivity index (χ4v) is 8.04. The first-order valence-electron chi connectivity index (χ1n) is 15.6. The normalized spacial score (nSPS) is 24.1. The average molecular weight is 653 g/mol. The minimum Gasteiger partial charge on any atom is -0.443 e. The van der Waals surface area contributed by atoms with Crippen molar-refractivity contribution in [2.75, 3.05) is 26.3 Å². The summed E-state index contributed by atoms with van der Waals surface area (Å²) in [7, 11) is -4.13. The van der Waals surface area contributed by atoms with Gasteiger partial charge in [0.1, 0.15) is 17.7 Å². The molecule has 6 atom stereocenters. The first-order valence-corrected chi connectivity index (χ1v) is 17.1. The van der Waals surface area contributed by atoms with Crippen LogP contribution in [0.25, 0.3) is 0 Å². The summed E-state index contributed by atoms with van der Waals surface area (Å²) in [4.78, 5) is 13.1. The molecule has 1 aliphatic carbocycles. The zero-order valence-electron chi connectivity index (χ0n) is 25.5. The molecule has 248 valence electrons. The number of rotatable bonds is 13. The van der Waals surface area contributed by atoms with E-state index < -0.39 is 64.9 Å². The van der Waals surface area contributed by atoms with Crippen LogP contribution in [0.1, 0.15) is 62.3 Å². The van der Waals surface area contributed by atoms with Crippen molar-refractivity contribution in [1.82, 2.24) is 9.62 Å². The average Bonchev–Trinajstić information content (AvgIpc) is 3.71. The number of sulfonamides is 1. The van der Waals surface area contributed by atoms with Gasteiger partial charge in [-0.3, -0.25) is 0 Å². The second-order valence-electron chi connectivity index (χ2n) is 12.2. The van der Waals surface area contributed by atoms with E-state index in [4.69, 9.17) is 14.2 Å². The molecule has 2 fully saturated rings. The van der Waals surface area contributed by atoms with E-state index in [9.17, 15) is 32.2 Å². The maximum atomic E-state index is 14.1. The molecule has 2 saturated heterocycles. The van der Waals surface area contributed by atoms with Gasteiger partial charge in [-0.05, 0) is 72.6 Å². The van der Waals surface area contributed by atoms with E-state index in [1.165, 1.54) is 10.4 Å². The van der Waals surface area contributed by atoms with Crippen molar-refractivity contribution < 1.29 is 46.4 Å². The van der Waals surface area contributed by atoms with Gasteiger partial charge in [0.2, 0.25) is 10.0 Å². The number of ether oxygens (including phenoxy) is 3. The van der Waals surface area contributed by atoms with Crippen LogP contribution in [0.3, 0.4) is 0 Å². The molecule has 0 saturated carbocycles. The molecule has 0 unspecified atom stereocenters. The number of aryl methyl sites for hydroxylation is 1. The van der Waals surface area contributed by atoms with Crippen LogP contribution in [-0.4, -0.2) is 79.9 Å². The van der Waals surface area contributed by atoms with Crippen molar-refractivity contribution in [3.05, 3.63) is 64.7 Å². The zero-order chi connectivity index (χ0) is 32.3. The molecule has 13 heteroatoms. The zero-order valence-corrected chi connectivity index (χ0v) is 26.3. The molecule has 2 aromatic rings. The predicted molar refractivity (Wildman–Crippen MR) is 160 cm³/mol. The van der Waals surface area contributed by atoms with E-state index >= 15 is 0 Å². The number of hydrogen-bond acceptors (Lipinski definition) is 8. The smallest absolute Gasteiger partial charge is 0.407 e. The van der Waals surface area contributed by atoms with Gasteiger partial charge >= 0.3 is 6.09 Å². The number of halogens is 2. The fraction of sp³-hybridized carbons (Fsp3) is 0.594. The second-order valence-corrected chi connectivity index (χ2v) is 14.1. The van der Waals surface area contributed by atoms with E-state index in [0.29, 0.717) is 44.3 Å². The van der Waals surface area contributed by atoms with Gasteiger partial charge in [0.05, 0.1) is 42.3 Å². The highest BCUT2D eigenvalue weighted by molar-refractivity contribution is 7.89. The van der Waals surface area contributed by atoms with Gasteiger partial charge in [0, 0.05) is 19.2 Å². The SMILES string of the molecule is CCC(CC)CN(C[C@@H](O)[C@H](Cc1cc(F)cc(F)c1)NC(=O)O[C@H]1CO[C@H]2OCC[C@H]21)S(=O)(=O)c1ccc2c(c1)CC[C@@H]2O. The Morgan fingerprint density at radius 1 is 1.09 bits per heavy atom. The summed E-state index contributed by atoms with van der Waals surface area (Å²) in [5.41, 5.74) is 1.62. The lowest BCUT2D eigenvalue weighted by atomic mass is 10.00. The fourth-order valence-electron chi connectivity index (χ4n) is 6.46. The number of hydrogen-bond donors (Lipinski definition) is 3. The highest BCUT2D eigenvalue weighted by Crippen LogP contribution is 2.34. The maximum Gasteiger partial charge on any atom is 0.407 e. The van der Waals surface area contributed by atoms with Crippen LogP contribution < -0.4 is 5.32 Å². The third-order valence-electron chi connectivity index (χ3n) is 9.19. The summed E-state index contributed by atoms with van der Waals surface area (Å²) in [5.74, 6) is -1.79. The molecule has 45 heavy (non-hydrogen) atoms. The Morgan fingerprint density at radius 3 is 2.53 bits per heavy atom. The molecule has 10 nitrogen and oxygen atoms in total. The lowest BCUT2D eigenvalue weighted by Crippen LogP contribution is -2.52. The van der Waals surface area contributed by atoms with Crippen LogP contribution in [-0.2, 0) is 37.1 Å². The van der Waals surface area contributed by atoms with Gasteiger partial charge in [0.15, 0.2) is 6.29 Å². The molecular weight excluding hydrogens is 610 g/mol. The number of nitrogens with one attached hydrogen (secondary N) is 1. The van der Waals surface area contributed by atoms with Crippen molar-refractivity contribution in [2.45, 2.75) is 87.9 Å². The van der Waals surface area contributed by atoms with Gasteiger partial charge in [-0.2, -0.15) is 4.31 Å². The van der Waals surface area contributed by atoms with Crippen LogP contribution in [0.2, 0.25) is 0 Å². The Morgan fingerprint density at radius 2 is 1.82 bits per heavy atom. The summed E-state index contributed by atoms with van der Waals surface area (Å²) >= 11 is 0. The molecule has 3 N–H and O–H groups in total. The molecule has 0 bridgehead atoms. The van der Waals surface area contributed by atoms with E-state index in [1.807, 2.05) is 13.8 Å². The summed E-state index contributed by atoms with van der Waals surface area (Å²) in [5, 5.41) is 24.4. The Balaban J connectivity index is 1.39. The van der Waals surface area contributed by atoms with Crippen LogP contribution >= 0.6 is 0 Å². The molecule has 0 spiro atoms. The number of nitrogens with zero attached hydrogens (tertiary/aromatic N) is 1. The first kappa shape index (κ1) is 33.7. The quantitative estimate of drug-likeness (QED) is 0.297. The maximum absolute atomic E-state index is 14.1. The van der Waals surface area contributed by atoms with Crippen LogP contribution in [0.4, 0.5) is 13.6 Å². The number of amides is 1. The standard InChI is InChI=1S/C32H42F2N2O8S/c1-3-19(4-2)16-36(45(40,41)24-6-7-25-21(14-24)5-8-28(25)37)17-29(38)27(13-20-11-22(33)15-23(34)12-20)35-32(39)44-30-18-43-31-26(30)9-10-42-31/h6-7,11-12,14-15,19,26-31,37-38H,3-5,8-10,13,16-18H2,1-2H3,(H,35,39)/t26-,27-,28-,29+,30-,31+/m0/s1. The predicted octanol–water partition coefficient (Wildman–Crippen LogP) is 3.83. The number of alkyl carbamates (subject to hydrolysis) is 1. The lowest BCUT2D eigenvalue weighted by Gasteiger charge is -2.32. The third-order valence-corrected chi connectivity index (χ3v) is 11.0. The summed E-state index contributed by atoms with van der Waals surface area (Å²) < 4.78 is 74.1. The number of aliphatic hydroxyl groups is 2. The molecule has 2 aromatic carbocycles. The number of carbonyl (C=O) groups excluding carboxylic acids is 1. The van der Waals surface area contributed by atoms with Crippen molar-refractivity contribution in [2.24, 2.45) is 11.8 Å². The number of benzene rings is 2. The van der Waals surface area contributed by atoms with E-state index in [-0.39, 0.29) is 41.9 Å². The largest absolute Gasteiger partial charge is 0.443 e. The minimum absolute atomic E-state index is 0.0131. The van der Waals surface area contributed by atoms with Crippen molar-refractivity contribution in [3.8, 4) is 0 Å². The van der Waals surface area contributed by atoms with Gasteiger partial charge in [-0.1, -0.05) is 32.8 Å². The lowest BCUT2D eigenvalue weighted by molar-refractivity contribution is -0.0907. The monoisotopic (exact) mass is 652 g/mol. The van der Waals surface area contributed by atoms with Crippen molar-refractivity contribution in [1.29, 1.82) is 0 Å². The topological polar surface area (TPSA) is 135 Å². The Labute approximate surface area is 262 Å². The summed E-state index contributed by atoms with van der Waals surface area (Å²) in [6.07, 6.45) is -1.11. The molecule has 0 aromatic heterocycles. The van der Waals surface area contributed by atoms with Gasteiger partial charge in [-0.15, -0.1) is 0 Å². The summed E-state index contributed by atoms with van der Waals surface area (Å²) in [6.45, 7) is 4.25. The Kier molecular flexibility index (Phi) is 10.8. The van der Waals surface area contributed by atoms with Gasteiger partial charge in [-0.25, -0.2) is 22.0 Å². The van der Waals surface area contributed by atoms with E-state index in [2.05, 4.69) is 5.32 Å². The van der Waals surface area contributed by atoms with Gasteiger partial charge in [0.25, 0.3) is 0 Å². The Hall–Kier alpha value is -2.68. The van der Waals surface area contributed by atoms with Crippen LogP contribution in [0.15, 0.2) is 41.3 Å². The second kappa shape index (κ2) is 14.4. The molecule has 0 radical (unpaired) electrons. The molecule has 1 amide bonds. The Bertz CT molecular complexity index is 1440. The molecular formula is C32H42F2N2O8S. The van der Waals surface area contributed by atoms with Crippen LogP contribution in [0.5, 0.6) is 0 Å². The van der Waals surface area contributed by atoms with Crippen molar-refractivity contribution >= 4 is 16.1 Å². The highest BCUT2D eigenvalue weighted by Gasteiger charge is 2.44. The molecule has 2 heterocycles. The molecule has 5 rings (SSSR count). The third kappa shape index (κ3) is 7.83. The molecule has 2 aliphatic heterocycles. The first-order chi connectivity index (χ1) is 21.5. The van der Waals surface area contributed by atoms with Crippen LogP contribution in [0, 0.1) is 23.5 Å². The number of carbonyl (C=O) groups is 1. The number of fused-ring (bicyclic) bond motifs is 2. The van der Waals surface area contributed by atoms with Gasteiger partial charge < -0.3 is 29.7 Å². The van der Waals surface area contributed by atoms with E-state index in [1.54, 1.807) is 12.1 Å². The highest BCUT2D eigenvalue weighted by atomic mass is 32.2. The summed E-state index contributed by atoms with van der Waals surface area (Å²) in [6, 6.07) is 6.40. The minimum atomic E-state index is -4.13. The molecule has 3 aliphatic rings. The number of aliphatic hydroxyl groups excluding tert-OH is 2.